The molecule has 1 aromatic carbocycles. The lowest BCUT2D eigenvalue weighted by molar-refractivity contribution is -0.136. The lowest BCUT2D eigenvalue weighted by Gasteiger charge is -2.17. The first kappa shape index (κ1) is 15.9. The summed E-state index contributed by atoms with van der Waals surface area (Å²) >= 11 is 0. The Morgan fingerprint density at radius 3 is 2.71 bits per heavy atom. The van der Waals surface area contributed by atoms with Crippen molar-refractivity contribution >= 4 is 29.0 Å². The maximum Gasteiger partial charge on any atom is 0.418 e. The van der Waals surface area contributed by atoms with Crippen LogP contribution in [0.25, 0.3) is 10.9 Å². The molecule has 1 fully saturated rings. The number of anilines is 1. The van der Waals surface area contributed by atoms with Gasteiger partial charge in [-0.05, 0) is 37.2 Å². The molecule has 1 aliphatic heterocycles. The normalized spacial score (nSPS) is 18.5. The molecule has 1 saturated heterocycles. The average Bonchev–Trinajstić information content (AvgIpc) is 2.90. The van der Waals surface area contributed by atoms with Crippen LogP contribution in [-0.2, 0) is 6.18 Å². The van der Waals surface area contributed by atoms with E-state index in [2.05, 4.69) is 15.6 Å². The van der Waals surface area contributed by atoms with Crippen LogP contribution < -0.4 is 10.6 Å². The second-order valence-electron chi connectivity index (χ2n) is 4.89. The van der Waals surface area contributed by atoms with Gasteiger partial charge >= 0.3 is 6.18 Å². The van der Waals surface area contributed by atoms with Gasteiger partial charge in [-0.1, -0.05) is 0 Å². The zero-order chi connectivity index (χ0) is 14.2. The van der Waals surface area contributed by atoms with Gasteiger partial charge in [-0.15, -0.1) is 12.4 Å². The van der Waals surface area contributed by atoms with Crippen LogP contribution in [0.5, 0.6) is 0 Å². The molecule has 2 heterocycles. The lowest BCUT2D eigenvalue weighted by atomic mass is 10.1. The highest BCUT2D eigenvalue weighted by Crippen LogP contribution is 2.36. The molecule has 1 atom stereocenters. The Kier molecular flexibility index (Phi) is 4.58. The fourth-order valence-electron chi connectivity index (χ4n) is 2.53. The Labute approximate surface area is 126 Å². The van der Waals surface area contributed by atoms with Crippen molar-refractivity contribution in [3.8, 4) is 0 Å². The zero-order valence-electron chi connectivity index (χ0n) is 11.1. The summed E-state index contributed by atoms with van der Waals surface area (Å²) in [4.78, 5) is 3.91. The van der Waals surface area contributed by atoms with Crippen LogP contribution in [0.15, 0.2) is 30.5 Å². The molecule has 0 aliphatic carbocycles. The number of nitrogens with zero attached hydrogens (tertiary/aromatic N) is 1. The minimum absolute atomic E-state index is 0. The third-order valence-electron chi connectivity index (χ3n) is 3.50. The molecule has 2 aromatic rings. The highest BCUT2D eigenvalue weighted by molar-refractivity contribution is 5.93. The number of benzene rings is 1. The first-order valence-electron chi connectivity index (χ1n) is 6.48. The van der Waals surface area contributed by atoms with Crippen molar-refractivity contribution in [2.75, 3.05) is 18.4 Å². The van der Waals surface area contributed by atoms with Gasteiger partial charge in [0.05, 0.1) is 11.1 Å². The Bertz CT molecular complexity index is 624. The summed E-state index contributed by atoms with van der Waals surface area (Å²) in [7, 11) is 0. The molecule has 0 bridgehead atoms. The minimum Gasteiger partial charge on any atom is -0.380 e. The monoisotopic (exact) mass is 317 g/mol. The van der Waals surface area contributed by atoms with Gasteiger partial charge in [0.25, 0.3) is 0 Å². The summed E-state index contributed by atoms with van der Waals surface area (Å²) < 4.78 is 39.0. The van der Waals surface area contributed by atoms with E-state index in [0.717, 1.165) is 25.6 Å². The number of alkyl halides is 3. The zero-order valence-corrected chi connectivity index (χ0v) is 11.9. The van der Waals surface area contributed by atoms with Gasteiger partial charge in [-0.3, -0.25) is 4.98 Å². The number of aromatic nitrogens is 1. The van der Waals surface area contributed by atoms with E-state index in [9.17, 15) is 13.2 Å². The molecule has 0 spiro atoms. The summed E-state index contributed by atoms with van der Waals surface area (Å²) in [6.45, 7) is 1.75. The molecule has 0 unspecified atom stereocenters. The Balaban J connectivity index is 0.00000161. The molecule has 3 nitrogen and oxygen atoms in total. The van der Waals surface area contributed by atoms with Crippen molar-refractivity contribution in [2.24, 2.45) is 0 Å². The van der Waals surface area contributed by atoms with E-state index >= 15 is 0 Å². The van der Waals surface area contributed by atoms with Gasteiger partial charge in [0.2, 0.25) is 0 Å². The van der Waals surface area contributed by atoms with Crippen LogP contribution in [0.1, 0.15) is 12.0 Å². The van der Waals surface area contributed by atoms with Crippen LogP contribution >= 0.6 is 12.4 Å². The third-order valence-corrected chi connectivity index (χ3v) is 3.50. The second kappa shape index (κ2) is 6.07. The number of halogens is 4. The van der Waals surface area contributed by atoms with E-state index in [-0.39, 0.29) is 24.0 Å². The quantitative estimate of drug-likeness (QED) is 0.891. The van der Waals surface area contributed by atoms with Crippen molar-refractivity contribution < 1.29 is 13.2 Å². The number of hydrogen-bond acceptors (Lipinski definition) is 3. The standard InChI is InChI=1S/C14H14F3N3.ClH/c15-14(16,17)11-3-4-12(20-9-5-7-18-8-9)10-2-1-6-19-13(10)11;/h1-4,6,9,18,20H,5,7-8H2;1H/t9-;/m0./s1. The van der Waals surface area contributed by atoms with E-state index in [1.165, 1.54) is 12.3 Å². The van der Waals surface area contributed by atoms with Crippen LogP contribution in [0, 0.1) is 0 Å². The topological polar surface area (TPSA) is 37.0 Å². The minimum atomic E-state index is -4.39. The van der Waals surface area contributed by atoms with Gasteiger partial charge < -0.3 is 10.6 Å². The highest BCUT2D eigenvalue weighted by Gasteiger charge is 2.33. The van der Waals surface area contributed by atoms with E-state index in [1.807, 2.05) is 0 Å². The molecule has 2 N–H and O–H groups in total. The van der Waals surface area contributed by atoms with Crippen LogP contribution in [-0.4, -0.2) is 24.1 Å². The number of fused-ring (bicyclic) bond motifs is 1. The highest BCUT2D eigenvalue weighted by atomic mass is 35.5. The fraction of sp³-hybridized carbons (Fsp3) is 0.357. The molecule has 114 valence electrons. The van der Waals surface area contributed by atoms with Crippen molar-refractivity contribution in [2.45, 2.75) is 18.6 Å². The number of rotatable bonds is 2. The van der Waals surface area contributed by atoms with E-state index in [0.29, 0.717) is 11.1 Å². The van der Waals surface area contributed by atoms with Crippen molar-refractivity contribution in [3.05, 3.63) is 36.0 Å². The summed E-state index contributed by atoms with van der Waals surface area (Å²) in [5, 5.41) is 7.02. The van der Waals surface area contributed by atoms with E-state index in [4.69, 9.17) is 0 Å². The Morgan fingerprint density at radius 1 is 1.24 bits per heavy atom. The van der Waals surface area contributed by atoms with Crippen molar-refractivity contribution in [1.82, 2.24) is 10.3 Å². The second-order valence-corrected chi connectivity index (χ2v) is 4.89. The van der Waals surface area contributed by atoms with Crippen LogP contribution in [0.3, 0.4) is 0 Å². The summed E-state index contributed by atoms with van der Waals surface area (Å²) in [6, 6.07) is 6.16. The van der Waals surface area contributed by atoms with E-state index < -0.39 is 11.7 Å². The number of hydrogen-bond donors (Lipinski definition) is 2. The molecule has 0 amide bonds. The van der Waals surface area contributed by atoms with Gasteiger partial charge in [0.1, 0.15) is 0 Å². The van der Waals surface area contributed by atoms with Gasteiger partial charge in [0, 0.05) is 29.9 Å². The van der Waals surface area contributed by atoms with Crippen LogP contribution in [0.2, 0.25) is 0 Å². The molecule has 1 aromatic heterocycles. The predicted octanol–water partition coefficient (Wildman–Crippen LogP) is 3.45. The molecular weight excluding hydrogens is 303 g/mol. The summed E-state index contributed by atoms with van der Waals surface area (Å²) in [6.07, 6.45) is -2.04. The largest absolute Gasteiger partial charge is 0.418 e. The molecule has 7 heteroatoms. The molecular formula is C14H15ClF3N3. The van der Waals surface area contributed by atoms with E-state index in [1.54, 1.807) is 12.1 Å². The lowest BCUT2D eigenvalue weighted by Crippen LogP contribution is -2.22. The molecule has 0 radical (unpaired) electrons. The Hall–Kier alpha value is -1.53. The van der Waals surface area contributed by atoms with Gasteiger partial charge in [0.15, 0.2) is 0 Å². The molecule has 0 saturated carbocycles. The predicted molar refractivity (Wildman–Crippen MR) is 78.9 cm³/mol. The SMILES string of the molecule is Cl.FC(F)(F)c1ccc(N[C@H]2CCNC2)c2cccnc12. The van der Waals surface area contributed by atoms with Gasteiger partial charge in [-0.25, -0.2) is 0 Å². The average molecular weight is 318 g/mol. The number of nitrogens with one attached hydrogen (secondary N) is 2. The molecule has 3 rings (SSSR count). The first-order chi connectivity index (χ1) is 9.55. The number of pyridine rings is 1. The van der Waals surface area contributed by atoms with Gasteiger partial charge in [-0.2, -0.15) is 13.2 Å². The maximum absolute atomic E-state index is 13.0. The first-order valence-corrected chi connectivity index (χ1v) is 6.48. The van der Waals surface area contributed by atoms with Crippen molar-refractivity contribution in [3.63, 3.8) is 0 Å². The van der Waals surface area contributed by atoms with Crippen molar-refractivity contribution in [1.29, 1.82) is 0 Å². The third kappa shape index (κ3) is 3.22. The maximum atomic E-state index is 13.0. The molecule has 1 aliphatic rings. The summed E-state index contributed by atoms with van der Waals surface area (Å²) in [5.74, 6) is 0. The fourth-order valence-corrected chi connectivity index (χ4v) is 2.53. The Morgan fingerprint density at radius 2 is 2.05 bits per heavy atom. The molecule has 21 heavy (non-hydrogen) atoms. The van der Waals surface area contributed by atoms with Crippen LogP contribution in [0.4, 0.5) is 18.9 Å². The smallest absolute Gasteiger partial charge is 0.380 e. The summed E-state index contributed by atoms with van der Waals surface area (Å²) in [5.41, 5.74) is 0.00829.